The summed E-state index contributed by atoms with van der Waals surface area (Å²) in [6.07, 6.45) is 0. The van der Waals surface area contributed by atoms with Gasteiger partial charge in [-0.15, -0.1) is 0 Å². The normalized spacial score (nSPS) is 10.6. The molecule has 0 atom stereocenters. The molecule has 0 radical (unpaired) electrons. The van der Waals surface area contributed by atoms with Gasteiger partial charge in [-0.2, -0.15) is 0 Å². The van der Waals surface area contributed by atoms with E-state index in [1.165, 1.54) is 18.2 Å². The van der Waals surface area contributed by atoms with E-state index in [2.05, 4.69) is 0 Å². The van der Waals surface area contributed by atoms with Crippen molar-refractivity contribution in [2.24, 2.45) is 5.73 Å². The summed E-state index contributed by atoms with van der Waals surface area (Å²) in [5.74, 6) is -0.446. The van der Waals surface area contributed by atoms with E-state index in [9.17, 15) is 14.9 Å². The Morgan fingerprint density at radius 1 is 1.56 bits per heavy atom. The second-order valence-corrected chi connectivity index (χ2v) is 4.21. The van der Waals surface area contributed by atoms with E-state index < -0.39 is 10.8 Å². The highest BCUT2D eigenvalue weighted by Gasteiger charge is 2.13. The number of carbonyl (C=O) groups is 1. The van der Waals surface area contributed by atoms with Gasteiger partial charge in [-0.1, -0.05) is 18.5 Å². The van der Waals surface area contributed by atoms with Crippen LogP contribution in [0.5, 0.6) is 0 Å². The molecule has 0 aliphatic carbocycles. The Hall–Kier alpha value is -1.66. The van der Waals surface area contributed by atoms with Crippen LogP contribution in [-0.4, -0.2) is 28.8 Å². The van der Waals surface area contributed by atoms with Crippen molar-refractivity contribution >= 4 is 23.2 Å². The second-order valence-electron chi connectivity index (χ2n) is 3.80. The second kappa shape index (κ2) is 6.32. The predicted octanol–water partition coefficient (Wildman–Crippen LogP) is 1.56. The minimum absolute atomic E-state index is 0.0236. The Morgan fingerprint density at radius 2 is 2.22 bits per heavy atom. The minimum Gasteiger partial charge on any atom is -0.369 e. The molecule has 0 saturated carbocycles. The van der Waals surface area contributed by atoms with Crippen LogP contribution in [0.1, 0.15) is 12.5 Å². The number of carbonyl (C=O) groups excluding carboxylic acids is 1. The van der Waals surface area contributed by atoms with Crippen molar-refractivity contribution in [3.05, 3.63) is 38.9 Å². The van der Waals surface area contributed by atoms with Gasteiger partial charge in [-0.25, -0.2) is 0 Å². The average Bonchev–Trinajstić information content (AvgIpc) is 2.29. The lowest BCUT2D eigenvalue weighted by atomic mass is 10.2. The molecule has 0 aromatic heterocycles. The fraction of sp³-hybridized carbons (Fsp3) is 0.364. The summed E-state index contributed by atoms with van der Waals surface area (Å²) in [5.41, 5.74) is 5.70. The van der Waals surface area contributed by atoms with Crippen molar-refractivity contribution < 1.29 is 9.72 Å². The number of nitro groups is 1. The number of halogens is 1. The highest BCUT2D eigenvalue weighted by Crippen LogP contribution is 2.23. The third-order valence-electron chi connectivity index (χ3n) is 2.46. The maximum atomic E-state index is 10.9. The van der Waals surface area contributed by atoms with Gasteiger partial charge in [0.2, 0.25) is 5.91 Å². The van der Waals surface area contributed by atoms with Crippen LogP contribution < -0.4 is 5.73 Å². The van der Waals surface area contributed by atoms with E-state index in [0.29, 0.717) is 23.7 Å². The van der Waals surface area contributed by atoms with E-state index >= 15 is 0 Å². The van der Waals surface area contributed by atoms with Gasteiger partial charge >= 0.3 is 0 Å². The molecule has 0 spiro atoms. The third-order valence-corrected chi connectivity index (χ3v) is 2.83. The molecule has 7 heteroatoms. The van der Waals surface area contributed by atoms with Crippen molar-refractivity contribution in [3.8, 4) is 0 Å². The first-order valence-corrected chi connectivity index (χ1v) is 5.75. The number of benzene rings is 1. The standard InChI is InChI=1S/C11H14ClN3O3/c1-2-14(7-11(13)16)6-8-5-9(15(17)18)3-4-10(8)12/h3-5H,2,6-7H2,1H3,(H2,13,16). The summed E-state index contributed by atoms with van der Waals surface area (Å²) in [7, 11) is 0. The van der Waals surface area contributed by atoms with Gasteiger partial charge in [0.15, 0.2) is 0 Å². The summed E-state index contributed by atoms with van der Waals surface area (Å²) in [5, 5.41) is 11.1. The number of likely N-dealkylation sites (N-methyl/N-ethyl adjacent to an activating group) is 1. The van der Waals surface area contributed by atoms with Crippen LogP contribution in [-0.2, 0) is 11.3 Å². The molecule has 0 fully saturated rings. The number of primary amides is 1. The molecule has 1 amide bonds. The zero-order valence-electron chi connectivity index (χ0n) is 9.93. The number of nitro benzene ring substituents is 1. The minimum atomic E-state index is -0.482. The fourth-order valence-corrected chi connectivity index (χ4v) is 1.71. The first-order chi connectivity index (χ1) is 8.43. The van der Waals surface area contributed by atoms with Crippen molar-refractivity contribution in [2.75, 3.05) is 13.1 Å². The van der Waals surface area contributed by atoms with Gasteiger partial charge in [0.05, 0.1) is 11.5 Å². The van der Waals surface area contributed by atoms with Crippen molar-refractivity contribution in [2.45, 2.75) is 13.5 Å². The molecule has 0 aliphatic rings. The molecule has 1 rings (SSSR count). The van der Waals surface area contributed by atoms with Crippen LogP contribution in [0.3, 0.4) is 0 Å². The van der Waals surface area contributed by atoms with Gasteiger partial charge < -0.3 is 5.73 Å². The van der Waals surface area contributed by atoms with Crippen molar-refractivity contribution in [3.63, 3.8) is 0 Å². The Labute approximate surface area is 109 Å². The number of non-ortho nitro benzene ring substituents is 1. The number of nitrogens with two attached hydrogens (primary N) is 1. The third kappa shape index (κ3) is 3.97. The topological polar surface area (TPSA) is 89.5 Å². The first kappa shape index (κ1) is 14.4. The molecule has 0 heterocycles. The number of amides is 1. The van der Waals surface area contributed by atoms with Crippen molar-refractivity contribution in [1.82, 2.24) is 4.90 Å². The number of nitrogens with zero attached hydrogens (tertiary/aromatic N) is 2. The summed E-state index contributed by atoms with van der Waals surface area (Å²) in [6.45, 7) is 2.91. The number of rotatable bonds is 6. The molecule has 0 unspecified atom stereocenters. The van der Waals surface area contributed by atoms with Crippen molar-refractivity contribution in [1.29, 1.82) is 0 Å². The molecule has 98 valence electrons. The quantitative estimate of drug-likeness (QED) is 0.628. The Morgan fingerprint density at radius 3 is 2.72 bits per heavy atom. The predicted molar refractivity (Wildman–Crippen MR) is 68.3 cm³/mol. The largest absolute Gasteiger partial charge is 0.369 e. The van der Waals surface area contributed by atoms with Gasteiger partial charge in [0.25, 0.3) is 5.69 Å². The summed E-state index contributed by atoms with van der Waals surface area (Å²) in [6, 6.07) is 4.23. The van der Waals surface area contributed by atoms with Crippen LogP contribution in [0.25, 0.3) is 0 Å². The lowest BCUT2D eigenvalue weighted by Crippen LogP contribution is -2.33. The van der Waals surface area contributed by atoms with E-state index in [1.54, 1.807) is 4.90 Å². The summed E-state index contributed by atoms with van der Waals surface area (Å²) >= 11 is 5.97. The van der Waals surface area contributed by atoms with Gasteiger partial charge in [0.1, 0.15) is 0 Å². The summed E-state index contributed by atoms with van der Waals surface area (Å²) in [4.78, 5) is 22.8. The zero-order chi connectivity index (χ0) is 13.7. The fourth-order valence-electron chi connectivity index (χ4n) is 1.54. The maximum Gasteiger partial charge on any atom is 0.269 e. The average molecular weight is 272 g/mol. The van der Waals surface area contributed by atoms with Crippen LogP contribution in [0.4, 0.5) is 5.69 Å². The molecule has 1 aromatic rings. The van der Waals surface area contributed by atoms with E-state index in [-0.39, 0.29) is 12.2 Å². The van der Waals surface area contributed by atoms with E-state index in [4.69, 9.17) is 17.3 Å². The Balaban J connectivity index is 2.90. The molecular weight excluding hydrogens is 258 g/mol. The molecular formula is C11H14ClN3O3. The highest BCUT2D eigenvalue weighted by atomic mass is 35.5. The smallest absolute Gasteiger partial charge is 0.269 e. The number of hydrogen-bond donors (Lipinski definition) is 1. The molecule has 0 aliphatic heterocycles. The zero-order valence-corrected chi connectivity index (χ0v) is 10.7. The Kier molecular flexibility index (Phi) is 5.06. The lowest BCUT2D eigenvalue weighted by molar-refractivity contribution is -0.384. The van der Waals surface area contributed by atoms with Crippen LogP contribution >= 0.6 is 11.6 Å². The van der Waals surface area contributed by atoms with Crippen LogP contribution in [0.15, 0.2) is 18.2 Å². The van der Waals surface area contributed by atoms with E-state index in [1.807, 2.05) is 6.92 Å². The number of hydrogen-bond acceptors (Lipinski definition) is 4. The SMILES string of the molecule is CCN(CC(N)=O)Cc1cc([N+](=O)[O-])ccc1Cl. The molecule has 2 N–H and O–H groups in total. The molecule has 0 bridgehead atoms. The first-order valence-electron chi connectivity index (χ1n) is 5.37. The van der Waals surface area contributed by atoms with Crippen LogP contribution in [0.2, 0.25) is 5.02 Å². The Bertz CT molecular complexity index is 465. The van der Waals surface area contributed by atoms with E-state index in [0.717, 1.165) is 0 Å². The highest BCUT2D eigenvalue weighted by molar-refractivity contribution is 6.31. The summed E-state index contributed by atoms with van der Waals surface area (Å²) < 4.78 is 0. The lowest BCUT2D eigenvalue weighted by Gasteiger charge is -2.18. The molecule has 0 saturated heterocycles. The molecule has 1 aromatic carbocycles. The van der Waals surface area contributed by atoms with Gasteiger partial charge in [0, 0.05) is 23.7 Å². The molecule has 18 heavy (non-hydrogen) atoms. The molecule has 6 nitrogen and oxygen atoms in total. The monoisotopic (exact) mass is 271 g/mol. The van der Waals surface area contributed by atoms with Gasteiger partial charge in [-0.05, 0) is 18.2 Å². The maximum absolute atomic E-state index is 10.9. The van der Waals surface area contributed by atoms with Crippen LogP contribution in [0, 0.1) is 10.1 Å². The van der Waals surface area contributed by atoms with Gasteiger partial charge in [-0.3, -0.25) is 19.8 Å².